The third-order valence-electron chi connectivity index (χ3n) is 3.10. The summed E-state index contributed by atoms with van der Waals surface area (Å²) in [6, 6.07) is 8.76. The van der Waals surface area contributed by atoms with Gasteiger partial charge >= 0.3 is 0 Å². The van der Waals surface area contributed by atoms with E-state index >= 15 is 0 Å². The molecule has 0 aliphatic carbocycles. The predicted molar refractivity (Wildman–Crippen MR) is 84.8 cm³/mol. The lowest BCUT2D eigenvalue weighted by Crippen LogP contribution is -2.22. The van der Waals surface area contributed by atoms with Crippen LogP contribution in [0, 0.1) is 0 Å². The molecule has 0 unspecified atom stereocenters. The van der Waals surface area contributed by atoms with Gasteiger partial charge in [-0.05, 0) is 29.1 Å². The van der Waals surface area contributed by atoms with Gasteiger partial charge in [-0.15, -0.1) is 11.3 Å². The fourth-order valence-electron chi connectivity index (χ4n) is 2.04. The van der Waals surface area contributed by atoms with Crippen molar-refractivity contribution in [3.8, 4) is 21.9 Å². The van der Waals surface area contributed by atoms with E-state index in [-0.39, 0.29) is 0 Å². The van der Waals surface area contributed by atoms with Gasteiger partial charge in [-0.2, -0.15) is 0 Å². The molecule has 0 bridgehead atoms. The number of ether oxygens (including phenoxy) is 2. The first-order chi connectivity index (χ1) is 9.65. The maximum Gasteiger partial charge on any atom is 0.161 e. The van der Waals surface area contributed by atoms with Crippen LogP contribution in [0.4, 0.5) is 0 Å². The highest BCUT2D eigenvalue weighted by Gasteiger charge is 2.13. The van der Waals surface area contributed by atoms with Gasteiger partial charge in [-0.3, -0.25) is 0 Å². The second-order valence-corrected chi connectivity index (χ2v) is 5.82. The summed E-state index contributed by atoms with van der Waals surface area (Å²) in [4.78, 5) is 1.24. The van der Waals surface area contributed by atoms with Crippen LogP contribution in [0.5, 0.6) is 11.5 Å². The van der Waals surface area contributed by atoms with Gasteiger partial charge in [0, 0.05) is 23.0 Å². The van der Waals surface area contributed by atoms with E-state index in [4.69, 9.17) is 9.47 Å². The van der Waals surface area contributed by atoms with Crippen LogP contribution < -0.4 is 14.8 Å². The predicted octanol–water partition coefficient (Wildman–Crippen LogP) is 3.93. The number of benzene rings is 1. The Morgan fingerprint density at radius 2 is 1.85 bits per heavy atom. The molecule has 3 nitrogen and oxygen atoms in total. The zero-order chi connectivity index (χ0) is 14.5. The van der Waals surface area contributed by atoms with Crippen molar-refractivity contribution in [2.75, 3.05) is 14.2 Å². The molecule has 4 heteroatoms. The molecule has 1 aromatic carbocycles. The van der Waals surface area contributed by atoms with Gasteiger partial charge in [0.25, 0.3) is 0 Å². The molecular formula is C16H21NO2S. The summed E-state index contributed by atoms with van der Waals surface area (Å²) in [5.74, 6) is 1.54. The fraction of sp³-hybridized carbons (Fsp3) is 0.375. The van der Waals surface area contributed by atoms with Crippen molar-refractivity contribution in [1.29, 1.82) is 0 Å². The Hall–Kier alpha value is -1.52. The Kier molecular flexibility index (Phi) is 5.04. The molecule has 0 aliphatic heterocycles. The third-order valence-corrected chi connectivity index (χ3v) is 4.00. The van der Waals surface area contributed by atoms with Crippen LogP contribution in [0.25, 0.3) is 10.4 Å². The average Bonchev–Trinajstić information content (AvgIpc) is 2.97. The standard InChI is InChI=1S/C16H21NO2S/c1-11(2)17-10-12-8-14(18-3)15(19-4)9-13(12)16-6-5-7-20-16/h5-9,11,17H,10H2,1-4H3. The van der Waals surface area contributed by atoms with Crippen molar-refractivity contribution in [3.05, 3.63) is 35.2 Å². The van der Waals surface area contributed by atoms with Crippen molar-refractivity contribution >= 4 is 11.3 Å². The van der Waals surface area contributed by atoms with E-state index in [1.807, 2.05) is 0 Å². The summed E-state index contributed by atoms with van der Waals surface area (Å²) in [5, 5.41) is 5.55. The van der Waals surface area contributed by atoms with E-state index in [9.17, 15) is 0 Å². The zero-order valence-corrected chi connectivity index (χ0v) is 13.2. The van der Waals surface area contributed by atoms with E-state index in [0.717, 1.165) is 18.0 Å². The van der Waals surface area contributed by atoms with Gasteiger partial charge in [0.2, 0.25) is 0 Å². The number of hydrogen-bond acceptors (Lipinski definition) is 4. The zero-order valence-electron chi connectivity index (χ0n) is 12.4. The van der Waals surface area contributed by atoms with Crippen LogP contribution in [0.2, 0.25) is 0 Å². The van der Waals surface area contributed by atoms with Crippen molar-refractivity contribution in [3.63, 3.8) is 0 Å². The molecule has 2 rings (SSSR count). The molecule has 0 spiro atoms. The number of rotatable bonds is 6. The van der Waals surface area contributed by atoms with Crippen LogP contribution in [-0.2, 0) is 6.54 Å². The van der Waals surface area contributed by atoms with Gasteiger partial charge in [-0.1, -0.05) is 19.9 Å². The quantitative estimate of drug-likeness (QED) is 0.874. The molecular weight excluding hydrogens is 270 g/mol. The molecule has 108 valence electrons. The number of thiophene rings is 1. The molecule has 0 atom stereocenters. The second kappa shape index (κ2) is 6.77. The Balaban J connectivity index is 2.45. The van der Waals surface area contributed by atoms with Gasteiger partial charge in [0.1, 0.15) is 0 Å². The summed E-state index contributed by atoms with van der Waals surface area (Å²) in [5.41, 5.74) is 2.42. The smallest absolute Gasteiger partial charge is 0.161 e. The SMILES string of the molecule is COc1cc(CNC(C)C)c(-c2cccs2)cc1OC. The molecule has 1 aromatic heterocycles. The summed E-state index contributed by atoms with van der Waals surface area (Å²) < 4.78 is 10.8. The maximum atomic E-state index is 5.41. The Labute approximate surface area is 124 Å². The third kappa shape index (κ3) is 3.32. The number of nitrogens with one attached hydrogen (secondary N) is 1. The van der Waals surface area contributed by atoms with Crippen molar-refractivity contribution in [2.45, 2.75) is 26.4 Å². The first kappa shape index (κ1) is 14.9. The van der Waals surface area contributed by atoms with E-state index in [1.165, 1.54) is 16.0 Å². The van der Waals surface area contributed by atoms with Crippen LogP contribution >= 0.6 is 11.3 Å². The molecule has 2 aromatic rings. The van der Waals surface area contributed by atoms with Gasteiger partial charge < -0.3 is 14.8 Å². The van der Waals surface area contributed by atoms with Crippen LogP contribution in [0.3, 0.4) is 0 Å². The molecule has 0 radical (unpaired) electrons. The van der Waals surface area contributed by atoms with E-state index in [0.29, 0.717) is 6.04 Å². The minimum Gasteiger partial charge on any atom is -0.493 e. The summed E-state index contributed by atoms with van der Waals surface area (Å²) in [6.45, 7) is 5.10. The van der Waals surface area contributed by atoms with Crippen molar-refractivity contribution in [2.24, 2.45) is 0 Å². The first-order valence-corrected chi connectivity index (χ1v) is 7.55. The maximum absolute atomic E-state index is 5.41. The van der Waals surface area contributed by atoms with E-state index in [1.54, 1.807) is 25.6 Å². The summed E-state index contributed by atoms with van der Waals surface area (Å²) in [7, 11) is 3.34. The molecule has 20 heavy (non-hydrogen) atoms. The van der Waals surface area contributed by atoms with E-state index < -0.39 is 0 Å². The highest BCUT2D eigenvalue weighted by Crippen LogP contribution is 2.37. The minimum atomic E-state index is 0.444. The summed E-state index contributed by atoms with van der Waals surface area (Å²) >= 11 is 1.73. The van der Waals surface area contributed by atoms with Gasteiger partial charge in [0.05, 0.1) is 14.2 Å². The van der Waals surface area contributed by atoms with Crippen LogP contribution in [-0.4, -0.2) is 20.3 Å². The lowest BCUT2D eigenvalue weighted by molar-refractivity contribution is 0.354. The fourth-order valence-corrected chi connectivity index (χ4v) is 2.82. The Morgan fingerprint density at radius 3 is 2.40 bits per heavy atom. The number of hydrogen-bond donors (Lipinski definition) is 1. The lowest BCUT2D eigenvalue weighted by atomic mass is 10.0. The molecule has 0 fully saturated rings. The first-order valence-electron chi connectivity index (χ1n) is 6.68. The van der Waals surface area contributed by atoms with Crippen LogP contribution in [0.1, 0.15) is 19.4 Å². The van der Waals surface area contributed by atoms with Gasteiger partial charge in [-0.25, -0.2) is 0 Å². The van der Waals surface area contributed by atoms with Crippen molar-refractivity contribution in [1.82, 2.24) is 5.32 Å². The molecule has 1 heterocycles. The molecule has 1 N–H and O–H groups in total. The van der Waals surface area contributed by atoms with Crippen LogP contribution in [0.15, 0.2) is 29.6 Å². The average molecular weight is 291 g/mol. The molecule has 0 aliphatic rings. The molecule has 0 saturated heterocycles. The minimum absolute atomic E-state index is 0.444. The normalized spacial score (nSPS) is 10.8. The second-order valence-electron chi connectivity index (χ2n) is 4.88. The van der Waals surface area contributed by atoms with Gasteiger partial charge in [0.15, 0.2) is 11.5 Å². The van der Waals surface area contributed by atoms with E-state index in [2.05, 4.69) is 48.8 Å². The summed E-state index contributed by atoms with van der Waals surface area (Å²) in [6.07, 6.45) is 0. The topological polar surface area (TPSA) is 30.5 Å². The Morgan fingerprint density at radius 1 is 1.15 bits per heavy atom. The highest BCUT2D eigenvalue weighted by molar-refractivity contribution is 7.13. The monoisotopic (exact) mass is 291 g/mol. The Bertz CT molecular complexity index is 550. The highest BCUT2D eigenvalue weighted by atomic mass is 32.1. The molecule has 0 saturated carbocycles. The lowest BCUT2D eigenvalue weighted by Gasteiger charge is -2.16. The largest absolute Gasteiger partial charge is 0.493 e. The number of methoxy groups -OCH3 is 2. The van der Waals surface area contributed by atoms with Crippen molar-refractivity contribution < 1.29 is 9.47 Å². The molecule has 0 amide bonds.